The number of nitrogens with one attached hydrogen (secondary N) is 2. The summed E-state index contributed by atoms with van der Waals surface area (Å²) < 4.78 is 24.9. The highest BCUT2D eigenvalue weighted by atomic mass is 32.2. The van der Waals surface area contributed by atoms with Gasteiger partial charge in [-0.15, -0.1) is 5.92 Å². The number of sulfonamides is 1. The molecule has 0 aliphatic rings. The van der Waals surface area contributed by atoms with Gasteiger partial charge < -0.3 is 4.98 Å². The van der Waals surface area contributed by atoms with E-state index in [-0.39, 0.29) is 11.6 Å². The van der Waals surface area contributed by atoms with Gasteiger partial charge in [0.1, 0.15) is 0 Å². The second-order valence-corrected chi connectivity index (χ2v) is 3.90. The first kappa shape index (κ1) is 9.77. The van der Waals surface area contributed by atoms with Crippen LogP contribution in [-0.4, -0.2) is 24.9 Å². The SMILES string of the molecule is CC#CCNS(=O)(=O)c1cnc[nH]1. The van der Waals surface area contributed by atoms with Gasteiger partial charge in [-0.2, -0.15) is 4.72 Å². The van der Waals surface area contributed by atoms with E-state index in [0.717, 1.165) is 0 Å². The van der Waals surface area contributed by atoms with Gasteiger partial charge in [0.15, 0.2) is 5.03 Å². The molecule has 0 unspecified atom stereocenters. The zero-order chi connectivity index (χ0) is 9.73. The third-order valence-electron chi connectivity index (χ3n) is 1.29. The van der Waals surface area contributed by atoms with Crippen LogP contribution in [0.15, 0.2) is 17.6 Å². The molecule has 0 aliphatic heterocycles. The van der Waals surface area contributed by atoms with E-state index in [9.17, 15) is 8.42 Å². The Labute approximate surface area is 76.6 Å². The summed E-state index contributed by atoms with van der Waals surface area (Å²) in [5, 5.41) is 0.0467. The fourth-order valence-electron chi connectivity index (χ4n) is 0.687. The van der Waals surface area contributed by atoms with Gasteiger partial charge in [-0.3, -0.25) is 0 Å². The fraction of sp³-hybridized carbons (Fsp3) is 0.286. The maximum Gasteiger partial charge on any atom is 0.258 e. The Morgan fingerprint density at radius 1 is 1.69 bits per heavy atom. The Balaban J connectivity index is 2.72. The predicted octanol–water partition coefficient (Wildman–Crippen LogP) is -0.289. The predicted molar refractivity (Wildman–Crippen MR) is 47.2 cm³/mol. The monoisotopic (exact) mass is 199 g/mol. The van der Waals surface area contributed by atoms with Crippen molar-refractivity contribution in [2.75, 3.05) is 6.54 Å². The number of H-pyrrole nitrogens is 1. The normalized spacial score (nSPS) is 10.5. The number of rotatable bonds is 3. The molecule has 1 heterocycles. The summed E-state index contributed by atoms with van der Waals surface area (Å²) in [5.74, 6) is 5.17. The number of aromatic amines is 1. The van der Waals surface area contributed by atoms with E-state index in [1.807, 2.05) is 0 Å². The van der Waals surface area contributed by atoms with Crippen LogP contribution in [0.1, 0.15) is 6.92 Å². The standard InChI is InChI=1S/C7H9N3O2S/c1-2-3-4-10-13(11,12)7-5-8-6-9-7/h5-6,10H,4H2,1H3,(H,8,9). The molecule has 0 bridgehead atoms. The van der Waals surface area contributed by atoms with E-state index in [2.05, 4.69) is 26.5 Å². The summed E-state index contributed by atoms with van der Waals surface area (Å²) in [6.45, 7) is 1.75. The highest BCUT2D eigenvalue weighted by Crippen LogP contribution is 2.00. The second kappa shape index (κ2) is 4.07. The largest absolute Gasteiger partial charge is 0.335 e. The lowest BCUT2D eigenvalue weighted by atomic mass is 10.6. The fourth-order valence-corrected chi connectivity index (χ4v) is 1.51. The molecule has 70 valence electrons. The summed E-state index contributed by atoms with van der Waals surface area (Å²) >= 11 is 0. The molecule has 0 atom stereocenters. The lowest BCUT2D eigenvalue weighted by Crippen LogP contribution is -2.24. The first-order chi connectivity index (χ1) is 6.17. The molecule has 0 spiro atoms. The first-order valence-electron chi connectivity index (χ1n) is 3.54. The Bertz CT molecular complexity index is 410. The van der Waals surface area contributed by atoms with Gasteiger partial charge in [-0.25, -0.2) is 13.4 Å². The molecule has 0 fully saturated rings. The van der Waals surface area contributed by atoms with Crippen molar-refractivity contribution in [3.05, 3.63) is 12.5 Å². The van der Waals surface area contributed by atoms with Gasteiger partial charge in [-0.1, -0.05) is 5.92 Å². The van der Waals surface area contributed by atoms with Crippen LogP contribution >= 0.6 is 0 Å². The lowest BCUT2D eigenvalue weighted by molar-refractivity contribution is 0.583. The summed E-state index contributed by atoms with van der Waals surface area (Å²) in [5.41, 5.74) is 0. The van der Waals surface area contributed by atoms with Gasteiger partial charge in [0, 0.05) is 0 Å². The third kappa shape index (κ3) is 2.57. The van der Waals surface area contributed by atoms with E-state index in [0.29, 0.717) is 0 Å². The first-order valence-corrected chi connectivity index (χ1v) is 5.03. The van der Waals surface area contributed by atoms with Crippen LogP contribution in [-0.2, 0) is 10.0 Å². The molecule has 5 nitrogen and oxygen atoms in total. The van der Waals surface area contributed by atoms with Crippen molar-refractivity contribution < 1.29 is 8.42 Å². The number of aromatic nitrogens is 2. The van der Waals surface area contributed by atoms with Crippen LogP contribution < -0.4 is 4.72 Å². The minimum absolute atomic E-state index is 0.0467. The molecule has 0 radical (unpaired) electrons. The molecule has 0 saturated carbocycles. The van der Waals surface area contributed by atoms with Gasteiger partial charge in [0.2, 0.25) is 0 Å². The van der Waals surface area contributed by atoms with Gasteiger partial charge >= 0.3 is 0 Å². The highest BCUT2D eigenvalue weighted by Gasteiger charge is 2.13. The molecule has 6 heteroatoms. The van der Waals surface area contributed by atoms with Crippen molar-refractivity contribution in [2.24, 2.45) is 0 Å². The average molecular weight is 199 g/mol. The number of nitrogens with zero attached hydrogens (tertiary/aromatic N) is 1. The topological polar surface area (TPSA) is 74.8 Å². The maximum atomic E-state index is 11.3. The van der Waals surface area contributed by atoms with E-state index in [1.54, 1.807) is 6.92 Å². The van der Waals surface area contributed by atoms with Crippen molar-refractivity contribution in [1.29, 1.82) is 0 Å². The molecule has 0 aromatic carbocycles. The van der Waals surface area contributed by atoms with Crippen LogP contribution in [0.25, 0.3) is 0 Å². The Morgan fingerprint density at radius 3 is 3.00 bits per heavy atom. The minimum atomic E-state index is -3.46. The molecular weight excluding hydrogens is 190 g/mol. The highest BCUT2D eigenvalue weighted by molar-refractivity contribution is 7.89. The molecule has 1 aromatic heterocycles. The minimum Gasteiger partial charge on any atom is -0.335 e. The third-order valence-corrected chi connectivity index (χ3v) is 2.62. The molecule has 0 amide bonds. The molecule has 0 aliphatic carbocycles. The van der Waals surface area contributed by atoms with E-state index < -0.39 is 10.0 Å². The van der Waals surface area contributed by atoms with Gasteiger partial charge in [0.05, 0.1) is 19.1 Å². The van der Waals surface area contributed by atoms with Crippen LogP contribution in [0.4, 0.5) is 0 Å². The van der Waals surface area contributed by atoms with Crippen LogP contribution in [0.5, 0.6) is 0 Å². The maximum absolute atomic E-state index is 11.3. The van der Waals surface area contributed by atoms with Gasteiger partial charge in [-0.05, 0) is 6.92 Å². The van der Waals surface area contributed by atoms with E-state index in [4.69, 9.17) is 0 Å². The zero-order valence-electron chi connectivity index (χ0n) is 7.03. The van der Waals surface area contributed by atoms with Crippen LogP contribution in [0, 0.1) is 11.8 Å². The van der Waals surface area contributed by atoms with Crippen molar-refractivity contribution in [3.63, 3.8) is 0 Å². The van der Waals surface area contributed by atoms with Crippen LogP contribution in [0.3, 0.4) is 0 Å². The number of hydrogen-bond acceptors (Lipinski definition) is 3. The summed E-state index contributed by atoms with van der Waals surface area (Å²) in [4.78, 5) is 6.10. The summed E-state index contributed by atoms with van der Waals surface area (Å²) in [6.07, 6.45) is 2.54. The molecule has 1 aromatic rings. The average Bonchev–Trinajstić information content (AvgIpc) is 2.56. The number of imidazole rings is 1. The smallest absolute Gasteiger partial charge is 0.258 e. The Morgan fingerprint density at radius 2 is 2.46 bits per heavy atom. The molecular formula is C7H9N3O2S. The lowest BCUT2D eigenvalue weighted by Gasteiger charge is -1.98. The van der Waals surface area contributed by atoms with Gasteiger partial charge in [0.25, 0.3) is 10.0 Å². The van der Waals surface area contributed by atoms with E-state index >= 15 is 0 Å². The summed E-state index contributed by atoms with van der Waals surface area (Å²) in [7, 11) is -3.46. The summed E-state index contributed by atoms with van der Waals surface area (Å²) in [6, 6.07) is 0. The van der Waals surface area contributed by atoms with Crippen molar-refractivity contribution >= 4 is 10.0 Å². The molecule has 1 rings (SSSR count). The molecule has 0 saturated heterocycles. The molecule has 2 N–H and O–H groups in total. The second-order valence-electron chi connectivity index (χ2n) is 2.17. The zero-order valence-corrected chi connectivity index (χ0v) is 7.85. The number of hydrogen-bond donors (Lipinski definition) is 2. The molecule has 13 heavy (non-hydrogen) atoms. The quantitative estimate of drug-likeness (QED) is 0.657. The van der Waals surface area contributed by atoms with Crippen molar-refractivity contribution in [2.45, 2.75) is 11.9 Å². The van der Waals surface area contributed by atoms with Crippen molar-refractivity contribution in [1.82, 2.24) is 14.7 Å². The van der Waals surface area contributed by atoms with E-state index in [1.165, 1.54) is 12.5 Å². The van der Waals surface area contributed by atoms with Crippen molar-refractivity contribution in [3.8, 4) is 11.8 Å². The Hall–Kier alpha value is -1.32. The Kier molecular flexibility index (Phi) is 3.06. The van der Waals surface area contributed by atoms with Crippen LogP contribution in [0.2, 0.25) is 0 Å².